The molecule has 0 atom stereocenters. The average Bonchev–Trinajstić information content (AvgIpc) is 3.37. The Morgan fingerprint density at radius 2 is 1.66 bits per heavy atom. The highest BCUT2D eigenvalue weighted by molar-refractivity contribution is 5.87. The number of imidazole rings is 1. The molecule has 0 aliphatic rings. The van der Waals surface area contributed by atoms with Gasteiger partial charge in [0.1, 0.15) is 5.82 Å². The van der Waals surface area contributed by atoms with Gasteiger partial charge in [-0.25, -0.2) is 19.6 Å². The predicted octanol–water partition coefficient (Wildman–Crippen LogP) is 4.99. The molecular formula is C25H25N7. The lowest BCUT2D eigenvalue weighted by Crippen LogP contribution is -2.23. The zero-order chi connectivity index (χ0) is 22.5. The molecule has 7 heteroatoms. The smallest absolute Gasteiger partial charge is 0.219 e. The summed E-state index contributed by atoms with van der Waals surface area (Å²) in [7, 11) is 0. The number of benzene rings is 2. The molecule has 0 amide bonds. The number of aryl methyl sites for hydroxylation is 1. The summed E-state index contributed by atoms with van der Waals surface area (Å²) in [5.74, 6) is 1.17. The maximum atomic E-state index is 5.65. The molecule has 5 rings (SSSR count). The second kappa shape index (κ2) is 7.30. The van der Waals surface area contributed by atoms with E-state index in [1.807, 2.05) is 36.1 Å². The molecule has 0 aliphatic carbocycles. The van der Waals surface area contributed by atoms with Crippen LogP contribution in [0, 0.1) is 6.92 Å². The van der Waals surface area contributed by atoms with Gasteiger partial charge < -0.3 is 10.3 Å². The van der Waals surface area contributed by atoms with Crippen LogP contribution in [0.2, 0.25) is 0 Å². The Hall–Kier alpha value is -4.00. The second-order valence-electron chi connectivity index (χ2n) is 8.95. The fraction of sp³-hybridized carbons (Fsp3) is 0.200. The van der Waals surface area contributed by atoms with Gasteiger partial charge in [-0.15, -0.1) is 0 Å². The monoisotopic (exact) mass is 423 g/mol. The van der Waals surface area contributed by atoms with Crippen molar-refractivity contribution in [3.63, 3.8) is 0 Å². The number of nitrogen functional groups attached to an aromatic ring is 1. The molecular weight excluding hydrogens is 398 g/mol. The van der Waals surface area contributed by atoms with Crippen molar-refractivity contribution in [1.82, 2.24) is 29.3 Å². The van der Waals surface area contributed by atoms with Gasteiger partial charge in [-0.2, -0.15) is 5.10 Å². The maximum absolute atomic E-state index is 5.65. The van der Waals surface area contributed by atoms with E-state index in [4.69, 9.17) is 10.7 Å². The number of hydrogen-bond donors (Lipinski definition) is 1. The molecule has 0 saturated carbocycles. The Kier molecular flexibility index (Phi) is 4.55. The second-order valence-corrected chi connectivity index (χ2v) is 8.95. The first-order chi connectivity index (χ1) is 15.3. The summed E-state index contributed by atoms with van der Waals surface area (Å²) >= 11 is 0. The highest BCUT2D eigenvalue weighted by Crippen LogP contribution is 2.35. The molecule has 0 aliphatic heterocycles. The minimum absolute atomic E-state index is 0.178. The highest BCUT2D eigenvalue weighted by atomic mass is 15.3. The minimum Gasteiger partial charge on any atom is -0.368 e. The van der Waals surface area contributed by atoms with E-state index in [0.29, 0.717) is 0 Å². The van der Waals surface area contributed by atoms with Crippen molar-refractivity contribution >= 4 is 17.0 Å². The van der Waals surface area contributed by atoms with Gasteiger partial charge in [0.25, 0.3) is 0 Å². The van der Waals surface area contributed by atoms with Crippen molar-refractivity contribution in [3.8, 4) is 28.2 Å². The van der Waals surface area contributed by atoms with Crippen molar-refractivity contribution in [1.29, 1.82) is 0 Å². The topological polar surface area (TPSA) is 87.4 Å². The number of para-hydroxylation sites is 1. The van der Waals surface area contributed by atoms with Crippen molar-refractivity contribution in [2.45, 2.75) is 33.2 Å². The molecule has 2 N–H and O–H groups in total. The average molecular weight is 424 g/mol. The lowest BCUT2D eigenvalue weighted by Gasteiger charge is -2.25. The Morgan fingerprint density at radius 1 is 0.906 bits per heavy atom. The van der Waals surface area contributed by atoms with Crippen LogP contribution in [0.3, 0.4) is 0 Å². The SMILES string of the molecule is Cc1cnn(-c2ccccc2-c2nc3cc(-c4cnc(N)nc4)ccc3n2C(C)(C)C)c1. The quantitative estimate of drug-likeness (QED) is 0.442. The molecule has 7 nitrogen and oxygen atoms in total. The van der Waals surface area contributed by atoms with Gasteiger partial charge in [-0.1, -0.05) is 18.2 Å². The van der Waals surface area contributed by atoms with Crippen LogP contribution in [0.15, 0.2) is 67.3 Å². The Bertz CT molecular complexity index is 1420. The van der Waals surface area contributed by atoms with Crippen molar-refractivity contribution in [2.24, 2.45) is 0 Å². The van der Waals surface area contributed by atoms with Gasteiger partial charge in [0.2, 0.25) is 5.95 Å². The van der Waals surface area contributed by atoms with Crippen LogP contribution in [0.4, 0.5) is 5.95 Å². The van der Waals surface area contributed by atoms with Gasteiger partial charge in [-0.3, -0.25) is 0 Å². The van der Waals surface area contributed by atoms with Crippen LogP contribution >= 0.6 is 0 Å². The number of nitrogens with two attached hydrogens (primary N) is 1. The number of hydrogen-bond acceptors (Lipinski definition) is 5. The van der Waals surface area contributed by atoms with E-state index in [0.717, 1.165) is 44.8 Å². The van der Waals surface area contributed by atoms with Crippen LogP contribution < -0.4 is 5.73 Å². The first-order valence-electron chi connectivity index (χ1n) is 10.5. The predicted molar refractivity (Wildman–Crippen MR) is 127 cm³/mol. The summed E-state index contributed by atoms with van der Waals surface area (Å²) in [6, 6.07) is 14.5. The van der Waals surface area contributed by atoms with Gasteiger partial charge >= 0.3 is 0 Å². The van der Waals surface area contributed by atoms with E-state index in [2.05, 4.69) is 70.7 Å². The summed E-state index contributed by atoms with van der Waals surface area (Å²) in [5, 5.41) is 4.53. The molecule has 0 unspecified atom stereocenters. The van der Waals surface area contributed by atoms with Gasteiger partial charge in [-0.05, 0) is 63.1 Å². The van der Waals surface area contributed by atoms with Crippen LogP contribution in [0.25, 0.3) is 39.2 Å². The first-order valence-corrected chi connectivity index (χ1v) is 10.5. The van der Waals surface area contributed by atoms with Gasteiger partial charge in [0, 0.05) is 35.3 Å². The van der Waals surface area contributed by atoms with E-state index in [-0.39, 0.29) is 11.5 Å². The lowest BCUT2D eigenvalue weighted by atomic mass is 10.1. The summed E-state index contributed by atoms with van der Waals surface area (Å²) in [4.78, 5) is 13.3. The first kappa shape index (κ1) is 19.9. The Labute approximate surface area is 186 Å². The van der Waals surface area contributed by atoms with Crippen molar-refractivity contribution in [2.75, 3.05) is 5.73 Å². The third kappa shape index (κ3) is 3.41. The van der Waals surface area contributed by atoms with Crippen LogP contribution in [-0.4, -0.2) is 29.3 Å². The van der Waals surface area contributed by atoms with Gasteiger partial charge in [0.15, 0.2) is 0 Å². The largest absolute Gasteiger partial charge is 0.368 e. The van der Waals surface area contributed by atoms with Crippen molar-refractivity contribution < 1.29 is 0 Å². The summed E-state index contributed by atoms with van der Waals surface area (Å²) < 4.78 is 4.20. The third-order valence-corrected chi connectivity index (χ3v) is 5.43. The molecule has 2 aromatic carbocycles. The van der Waals surface area contributed by atoms with Crippen molar-refractivity contribution in [3.05, 3.63) is 72.8 Å². The molecule has 3 aromatic heterocycles. The van der Waals surface area contributed by atoms with E-state index >= 15 is 0 Å². The fourth-order valence-corrected chi connectivity index (χ4v) is 4.01. The van der Waals surface area contributed by atoms with Gasteiger partial charge in [0.05, 0.1) is 22.9 Å². The molecule has 3 heterocycles. The maximum Gasteiger partial charge on any atom is 0.219 e. The molecule has 0 fully saturated rings. The number of aromatic nitrogens is 6. The van der Waals surface area contributed by atoms with Crippen LogP contribution in [0.5, 0.6) is 0 Å². The Morgan fingerprint density at radius 3 is 2.34 bits per heavy atom. The molecule has 0 spiro atoms. The minimum atomic E-state index is -0.178. The number of nitrogens with zero attached hydrogens (tertiary/aromatic N) is 6. The number of anilines is 1. The van der Waals surface area contributed by atoms with Crippen LogP contribution in [-0.2, 0) is 5.54 Å². The van der Waals surface area contributed by atoms with E-state index < -0.39 is 0 Å². The molecule has 5 aromatic rings. The molecule has 160 valence electrons. The lowest BCUT2D eigenvalue weighted by molar-refractivity contribution is 0.413. The molecule has 0 saturated heterocycles. The number of fused-ring (bicyclic) bond motifs is 1. The molecule has 0 bridgehead atoms. The number of rotatable bonds is 3. The fourth-order valence-electron chi connectivity index (χ4n) is 4.01. The molecule has 0 radical (unpaired) electrons. The van der Waals surface area contributed by atoms with E-state index in [1.165, 1.54) is 0 Å². The zero-order valence-electron chi connectivity index (χ0n) is 18.6. The summed E-state index contributed by atoms with van der Waals surface area (Å²) in [6.45, 7) is 8.62. The zero-order valence-corrected chi connectivity index (χ0v) is 18.6. The molecule has 32 heavy (non-hydrogen) atoms. The Balaban J connectivity index is 1.74. The standard InChI is InChI=1S/C25H25N7/c1-16-12-29-31(15-16)21-8-6-5-7-19(21)23-30-20-11-17(18-13-27-24(26)28-14-18)9-10-22(20)32(23)25(2,3)4/h5-15H,1-4H3,(H2,26,27,28). The summed E-state index contributed by atoms with van der Waals surface area (Å²) in [5.41, 5.74) is 12.5. The third-order valence-electron chi connectivity index (χ3n) is 5.43. The van der Waals surface area contributed by atoms with E-state index in [9.17, 15) is 0 Å². The highest BCUT2D eigenvalue weighted by Gasteiger charge is 2.24. The van der Waals surface area contributed by atoms with Crippen LogP contribution in [0.1, 0.15) is 26.3 Å². The normalized spacial score (nSPS) is 11.9. The summed E-state index contributed by atoms with van der Waals surface area (Å²) in [6.07, 6.45) is 7.37. The van der Waals surface area contributed by atoms with E-state index in [1.54, 1.807) is 12.4 Å².